The summed E-state index contributed by atoms with van der Waals surface area (Å²) in [5.41, 5.74) is 7.89. The van der Waals surface area contributed by atoms with Crippen molar-refractivity contribution in [3.63, 3.8) is 0 Å². The fourth-order valence-electron chi connectivity index (χ4n) is 1.32. The van der Waals surface area contributed by atoms with Crippen LogP contribution in [0.3, 0.4) is 0 Å². The molecule has 1 rings (SSSR count). The Morgan fingerprint density at radius 3 is 2.54 bits per heavy atom. The van der Waals surface area contributed by atoms with Crippen molar-refractivity contribution >= 4 is 0 Å². The standard InChI is InChI=1S/C10H17N3/c1-8-4-5-9(7-12-8)10(6-11)13(2)3/h4-5,7,10H,6,11H2,1-3H3. The number of nitrogens with two attached hydrogens (primary N) is 1. The van der Waals surface area contributed by atoms with E-state index in [-0.39, 0.29) is 6.04 Å². The van der Waals surface area contributed by atoms with E-state index in [4.69, 9.17) is 5.73 Å². The molecule has 1 atom stereocenters. The minimum atomic E-state index is 0.271. The molecule has 1 heterocycles. The van der Waals surface area contributed by atoms with E-state index in [2.05, 4.69) is 16.0 Å². The maximum absolute atomic E-state index is 5.67. The smallest absolute Gasteiger partial charge is 0.0479 e. The first-order valence-corrected chi connectivity index (χ1v) is 4.44. The van der Waals surface area contributed by atoms with Gasteiger partial charge < -0.3 is 10.6 Å². The average molecular weight is 179 g/mol. The topological polar surface area (TPSA) is 42.1 Å². The molecular formula is C10H17N3. The van der Waals surface area contributed by atoms with Crippen LogP contribution >= 0.6 is 0 Å². The second-order valence-electron chi connectivity index (χ2n) is 3.45. The molecule has 3 heteroatoms. The van der Waals surface area contributed by atoms with E-state index in [1.54, 1.807) is 0 Å². The van der Waals surface area contributed by atoms with Crippen LogP contribution in [0.15, 0.2) is 18.3 Å². The zero-order valence-electron chi connectivity index (χ0n) is 8.49. The molecule has 0 aliphatic carbocycles. The van der Waals surface area contributed by atoms with Gasteiger partial charge >= 0.3 is 0 Å². The molecule has 0 aliphatic heterocycles. The van der Waals surface area contributed by atoms with Gasteiger partial charge in [-0.05, 0) is 32.6 Å². The molecule has 0 radical (unpaired) electrons. The first-order valence-electron chi connectivity index (χ1n) is 4.44. The summed E-state index contributed by atoms with van der Waals surface area (Å²) >= 11 is 0. The molecule has 0 saturated heterocycles. The van der Waals surface area contributed by atoms with Crippen LogP contribution in [-0.4, -0.2) is 30.5 Å². The lowest BCUT2D eigenvalue weighted by atomic mass is 10.1. The molecule has 0 amide bonds. The Kier molecular flexibility index (Phi) is 3.39. The van der Waals surface area contributed by atoms with E-state index in [1.807, 2.05) is 33.3 Å². The van der Waals surface area contributed by atoms with Crippen LogP contribution in [-0.2, 0) is 0 Å². The van der Waals surface area contributed by atoms with Gasteiger partial charge in [0.15, 0.2) is 0 Å². The summed E-state index contributed by atoms with van der Waals surface area (Å²) in [7, 11) is 4.05. The number of rotatable bonds is 3. The quantitative estimate of drug-likeness (QED) is 0.751. The lowest BCUT2D eigenvalue weighted by Gasteiger charge is -2.22. The second kappa shape index (κ2) is 4.35. The summed E-state index contributed by atoms with van der Waals surface area (Å²) in [6.07, 6.45) is 1.90. The maximum Gasteiger partial charge on any atom is 0.0479 e. The molecular weight excluding hydrogens is 162 g/mol. The van der Waals surface area contributed by atoms with Gasteiger partial charge in [-0.15, -0.1) is 0 Å². The summed E-state index contributed by atoms with van der Waals surface area (Å²) in [6.45, 7) is 2.61. The SMILES string of the molecule is Cc1ccc(C(CN)N(C)C)cn1. The van der Waals surface area contributed by atoms with Crippen molar-refractivity contribution in [3.8, 4) is 0 Å². The number of likely N-dealkylation sites (N-methyl/N-ethyl adjacent to an activating group) is 1. The van der Waals surface area contributed by atoms with E-state index in [0.29, 0.717) is 6.54 Å². The Morgan fingerprint density at radius 2 is 2.15 bits per heavy atom. The highest BCUT2D eigenvalue weighted by Gasteiger charge is 2.11. The molecule has 2 N–H and O–H groups in total. The van der Waals surface area contributed by atoms with Crippen LogP contribution in [0.5, 0.6) is 0 Å². The minimum Gasteiger partial charge on any atom is -0.329 e. The van der Waals surface area contributed by atoms with Crippen molar-refractivity contribution in [2.75, 3.05) is 20.6 Å². The molecule has 0 bridgehead atoms. The van der Waals surface area contributed by atoms with Crippen LogP contribution in [0.2, 0.25) is 0 Å². The van der Waals surface area contributed by atoms with Gasteiger partial charge in [-0.1, -0.05) is 6.07 Å². The predicted molar refractivity (Wildman–Crippen MR) is 54.5 cm³/mol. The Hall–Kier alpha value is -0.930. The summed E-state index contributed by atoms with van der Waals surface area (Å²) in [4.78, 5) is 6.35. The molecule has 0 aromatic carbocycles. The molecule has 1 aromatic rings. The summed E-state index contributed by atoms with van der Waals surface area (Å²) in [6, 6.07) is 4.37. The third-order valence-electron chi connectivity index (χ3n) is 2.17. The third-order valence-corrected chi connectivity index (χ3v) is 2.17. The van der Waals surface area contributed by atoms with Crippen molar-refractivity contribution in [2.24, 2.45) is 5.73 Å². The van der Waals surface area contributed by atoms with Gasteiger partial charge in [0.1, 0.15) is 0 Å². The molecule has 0 spiro atoms. The molecule has 3 nitrogen and oxygen atoms in total. The number of hydrogen-bond donors (Lipinski definition) is 1. The highest BCUT2D eigenvalue weighted by molar-refractivity contribution is 5.17. The highest BCUT2D eigenvalue weighted by Crippen LogP contribution is 2.15. The molecule has 13 heavy (non-hydrogen) atoms. The Bertz CT molecular complexity index is 253. The van der Waals surface area contributed by atoms with Crippen molar-refractivity contribution < 1.29 is 0 Å². The van der Waals surface area contributed by atoms with Crippen LogP contribution in [0.1, 0.15) is 17.3 Å². The van der Waals surface area contributed by atoms with E-state index >= 15 is 0 Å². The van der Waals surface area contributed by atoms with Crippen molar-refractivity contribution in [3.05, 3.63) is 29.6 Å². The summed E-state index contributed by atoms with van der Waals surface area (Å²) < 4.78 is 0. The fourth-order valence-corrected chi connectivity index (χ4v) is 1.32. The molecule has 0 aliphatic rings. The van der Waals surface area contributed by atoms with Gasteiger partial charge in [0.25, 0.3) is 0 Å². The van der Waals surface area contributed by atoms with Crippen LogP contribution < -0.4 is 5.73 Å². The van der Waals surface area contributed by atoms with Gasteiger partial charge in [0.2, 0.25) is 0 Å². The molecule has 0 fully saturated rings. The summed E-state index contributed by atoms with van der Waals surface area (Å²) in [5, 5.41) is 0. The molecule has 72 valence electrons. The van der Waals surface area contributed by atoms with E-state index < -0.39 is 0 Å². The zero-order chi connectivity index (χ0) is 9.84. The molecule has 1 unspecified atom stereocenters. The van der Waals surface area contributed by atoms with Crippen molar-refractivity contribution in [1.29, 1.82) is 0 Å². The van der Waals surface area contributed by atoms with Crippen molar-refractivity contribution in [1.82, 2.24) is 9.88 Å². The van der Waals surface area contributed by atoms with Crippen LogP contribution in [0, 0.1) is 6.92 Å². The number of pyridine rings is 1. The largest absolute Gasteiger partial charge is 0.329 e. The zero-order valence-corrected chi connectivity index (χ0v) is 8.49. The highest BCUT2D eigenvalue weighted by atomic mass is 15.1. The Balaban J connectivity index is 2.86. The number of hydrogen-bond acceptors (Lipinski definition) is 3. The van der Waals surface area contributed by atoms with Gasteiger partial charge in [0, 0.05) is 24.5 Å². The number of aromatic nitrogens is 1. The van der Waals surface area contributed by atoms with E-state index in [9.17, 15) is 0 Å². The summed E-state index contributed by atoms with van der Waals surface area (Å²) in [5.74, 6) is 0. The monoisotopic (exact) mass is 179 g/mol. The lowest BCUT2D eigenvalue weighted by molar-refractivity contribution is 0.305. The molecule has 1 aromatic heterocycles. The van der Waals surface area contributed by atoms with Gasteiger partial charge in [-0.3, -0.25) is 4.98 Å². The first kappa shape index (κ1) is 10.2. The predicted octanol–water partition coefficient (Wildman–Crippen LogP) is 0.951. The van der Waals surface area contributed by atoms with Crippen LogP contribution in [0.4, 0.5) is 0 Å². The number of aryl methyl sites for hydroxylation is 1. The van der Waals surface area contributed by atoms with Crippen molar-refractivity contribution in [2.45, 2.75) is 13.0 Å². The Labute approximate surface area is 79.6 Å². The fraction of sp³-hybridized carbons (Fsp3) is 0.500. The second-order valence-corrected chi connectivity index (χ2v) is 3.45. The van der Waals surface area contributed by atoms with Gasteiger partial charge in [0.05, 0.1) is 0 Å². The first-order chi connectivity index (χ1) is 6.15. The Morgan fingerprint density at radius 1 is 1.46 bits per heavy atom. The molecule has 0 saturated carbocycles. The lowest BCUT2D eigenvalue weighted by Crippen LogP contribution is -2.27. The van der Waals surface area contributed by atoms with Gasteiger partial charge in [-0.25, -0.2) is 0 Å². The van der Waals surface area contributed by atoms with E-state index in [1.165, 1.54) is 5.56 Å². The minimum absolute atomic E-state index is 0.271. The third kappa shape index (κ3) is 2.50. The van der Waals surface area contributed by atoms with E-state index in [0.717, 1.165) is 5.69 Å². The van der Waals surface area contributed by atoms with Gasteiger partial charge in [-0.2, -0.15) is 0 Å². The average Bonchev–Trinajstić information content (AvgIpc) is 2.09. The van der Waals surface area contributed by atoms with Crippen LogP contribution in [0.25, 0.3) is 0 Å². The number of nitrogens with zero attached hydrogens (tertiary/aromatic N) is 2. The maximum atomic E-state index is 5.67. The normalized spacial score (nSPS) is 13.3.